The van der Waals surface area contributed by atoms with E-state index in [-0.39, 0.29) is 18.7 Å². The van der Waals surface area contributed by atoms with Gasteiger partial charge in [-0.05, 0) is 38.0 Å². The minimum Gasteiger partial charge on any atom is -0.394 e. The van der Waals surface area contributed by atoms with Crippen LogP contribution >= 0.6 is 0 Å². The van der Waals surface area contributed by atoms with Crippen molar-refractivity contribution in [3.63, 3.8) is 0 Å². The number of likely N-dealkylation sites (N-methyl/N-ethyl adjacent to an activating group) is 1. The first kappa shape index (κ1) is 16.3. The number of urea groups is 1. The maximum atomic E-state index is 12.1. The Morgan fingerprint density at radius 3 is 2.63 bits per heavy atom. The Morgan fingerprint density at radius 1 is 1.37 bits per heavy atom. The molecule has 0 spiro atoms. The molecule has 4 nitrogen and oxygen atoms in total. The lowest BCUT2D eigenvalue weighted by molar-refractivity contribution is 0.152. The molecule has 112 valence electrons. The van der Waals surface area contributed by atoms with Crippen molar-refractivity contribution in [2.75, 3.05) is 13.7 Å². The van der Waals surface area contributed by atoms with E-state index in [0.717, 1.165) is 12.3 Å². The van der Waals surface area contributed by atoms with Gasteiger partial charge in [-0.1, -0.05) is 26.7 Å². The molecule has 3 atom stereocenters. The number of aliphatic hydroxyl groups is 1. The SMILES string of the molecule is CC(C)CCC1CCCC1NC(=O)N(C)C(C)CO. The lowest BCUT2D eigenvalue weighted by atomic mass is 9.94. The summed E-state index contributed by atoms with van der Waals surface area (Å²) in [5.41, 5.74) is 0. The number of carbonyl (C=O) groups excluding carboxylic acids is 1. The van der Waals surface area contributed by atoms with Crippen molar-refractivity contribution in [1.82, 2.24) is 10.2 Å². The summed E-state index contributed by atoms with van der Waals surface area (Å²) in [6.45, 7) is 6.36. The van der Waals surface area contributed by atoms with E-state index >= 15 is 0 Å². The first-order valence-corrected chi connectivity index (χ1v) is 7.59. The molecule has 1 rings (SSSR count). The molecule has 1 aliphatic rings. The van der Waals surface area contributed by atoms with Gasteiger partial charge in [-0.25, -0.2) is 4.79 Å². The lowest BCUT2D eigenvalue weighted by Crippen LogP contribution is -2.48. The number of carbonyl (C=O) groups is 1. The predicted molar refractivity (Wildman–Crippen MR) is 78.0 cm³/mol. The normalized spacial score (nSPS) is 24.5. The Balaban J connectivity index is 2.43. The molecule has 0 radical (unpaired) electrons. The fourth-order valence-electron chi connectivity index (χ4n) is 2.70. The first-order chi connectivity index (χ1) is 8.95. The van der Waals surface area contributed by atoms with E-state index in [0.29, 0.717) is 12.0 Å². The molecule has 0 aromatic rings. The van der Waals surface area contributed by atoms with E-state index in [4.69, 9.17) is 5.11 Å². The molecule has 2 N–H and O–H groups in total. The van der Waals surface area contributed by atoms with Crippen molar-refractivity contribution in [2.45, 2.75) is 65.0 Å². The predicted octanol–water partition coefficient (Wildman–Crippen LogP) is 2.61. The van der Waals surface area contributed by atoms with Gasteiger partial charge in [0.05, 0.1) is 12.6 Å². The van der Waals surface area contributed by atoms with Gasteiger partial charge in [0, 0.05) is 13.1 Å². The van der Waals surface area contributed by atoms with Crippen LogP contribution < -0.4 is 5.32 Å². The summed E-state index contributed by atoms with van der Waals surface area (Å²) < 4.78 is 0. The summed E-state index contributed by atoms with van der Waals surface area (Å²) in [4.78, 5) is 13.7. The Labute approximate surface area is 117 Å². The third kappa shape index (κ3) is 5.01. The van der Waals surface area contributed by atoms with Crippen LogP contribution in [-0.2, 0) is 0 Å². The van der Waals surface area contributed by atoms with Crippen LogP contribution in [0.2, 0.25) is 0 Å². The molecule has 3 unspecified atom stereocenters. The quantitative estimate of drug-likeness (QED) is 0.779. The fraction of sp³-hybridized carbons (Fsp3) is 0.933. The van der Waals surface area contributed by atoms with Gasteiger partial charge in [-0.3, -0.25) is 0 Å². The molecular formula is C15H30N2O2. The zero-order chi connectivity index (χ0) is 14.4. The monoisotopic (exact) mass is 270 g/mol. The second kappa shape index (κ2) is 7.73. The van der Waals surface area contributed by atoms with Crippen LogP contribution in [0.1, 0.15) is 52.9 Å². The molecule has 0 saturated heterocycles. The molecule has 1 aliphatic carbocycles. The Hall–Kier alpha value is -0.770. The smallest absolute Gasteiger partial charge is 0.317 e. The van der Waals surface area contributed by atoms with Gasteiger partial charge in [0.1, 0.15) is 0 Å². The molecule has 0 heterocycles. The average molecular weight is 270 g/mol. The molecule has 0 aliphatic heterocycles. The minimum absolute atomic E-state index is 0.00532. The highest BCUT2D eigenvalue weighted by molar-refractivity contribution is 5.74. The zero-order valence-corrected chi connectivity index (χ0v) is 12.9. The summed E-state index contributed by atoms with van der Waals surface area (Å²) in [6.07, 6.45) is 5.99. The molecule has 0 aromatic carbocycles. The number of rotatable bonds is 6. The van der Waals surface area contributed by atoms with Crippen LogP contribution in [0.15, 0.2) is 0 Å². The topological polar surface area (TPSA) is 52.6 Å². The maximum Gasteiger partial charge on any atom is 0.317 e. The van der Waals surface area contributed by atoms with E-state index in [2.05, 4.69) is 19.2 Å². The summed E-state index contributed by atoms with van der Waals surface area (Å²) in [7, 11) is 1.74. The zero-order valence-electron chi connectivity index (χ0n) is 12.9. The van der Waals surface area contributed by atoms with Gasteiger partial charge < -0.3 is 15.3 Å². The number of nitrogens with one attached hydrogen (secondary N) is 1. The third-order valence-electron chi connectivity index (χ3n) is 4.33. The maximum absolute atomic E-state index is 12.1. The number of amides is 2. The van der Waals surface area contributed by atoms with Gasteiger partial charge in [0.25, 0.3) is 0 Å². The molecule has 1 saturated carbocycles. The van der Waals surface area contributed by atoms with Crippen LogP contribution in [0.5, 0.6) is 0 Å². The number of aliphatic hydroxyl groups excluding tert-OH is 1. The summed E-state index contributed by atoms with van der Waals surface area (Å²) in [5.74, 6) is 1.36. The molecule has 0 aromatic heterocycles. The van der Waals surface area contributed by atoms with Gasteiger partial charge >= 0.3 is 6.03 Å². The summed E-state index contributed by atoms with van der Waals surface area (Å²) in [5, 5.41) is 12.2. The van der Waals surface area contributed by atoms with E-state index in [1.165, 1.54) is 25.7 Å². The highest BCUT2D eigenvalue weighted by Gasteiger charge is 2.29. The van der Waals surface area contributed by atoms with Crippen molar-refractivity contribution in [1.29, 1.82) is 0 Å². The first-order valence-electron chi connectivity index (χ1n) is 7.59. The summed E-state index contributed by atoms with van der Waals surface area (Å²) in [6, 6.07) is 0.137. The largest absolute Gasteiger partial charge is 0.394 e. The highest BCUT2D eigenvalue weighted by Crippen LogP contribution is 2.30. The van der Waals surface area contributed by atoms with Crippen LogP contribution in [0.3, 0.4) is 0 Å². The Kier molecular flexibility index (Phi) is 6.63. The fourth-order valence-corrected chi connectivity index (χ4v) is 2.70. The number of hydrogen-bond acceptors (Lipinski definition) is 2. The van der Waals surface area contributed by atoms with E-state index in [9.17, 15) is 4.79 Å². The van der Waals surface area contributed by atoms with Gasteiger partial charge in [0.2, 0.25) is 0 Å². The molecule has 4 heteroatoms. The number of nitrogens with zero attached hydrogens (tertiary/aromatic N) is 1. The third-order valence-corrected chi connectivity index (χ3v) is 4.33. The van der Waals surface area contributed by atoms with Crippen LogP contribution in [0, 0.1) is 11.8 Å². The highest BCUT2D eigenvalue weighted by atomic mass is 16.3. The lowest BCUT2D eigenvalue weighted by Gasteiger charge is -2.28. The Morgan fingerprint density at radius 2 is 2.05 bits per heavy atom. The van der Waals surface area contributed by atoms with E-state index in [1.54, 1.807) is 11.9 Å². The van der Waals surface area contributed by atoms with Crippen molar-refractivity contribution in [3.05, 3.63) is 0 Å². The van der Waals surface area contributed by atoms with Gasteiger partial charge in [-0.15, -0.1) is 0 Å². The summed E-state index contributed by atoms with van der Waals surface area (Å²) >= 11 is 0. The van der Waals surface area contributed by atoms with E-state index < -0.39 is 0 Å². The van der Waals surface area contributed by atoms with Crippen molar-refractivity contribution >= 4 is 6.03 Å². The van der Waals surface area contributed by atoms with Crippen molar-refractivity contribution in [3.8, 4) is 0 Å². The molecule has 2 amide bonds. The van der Waals surface area contributed by atoms with Crippen LogP contribution in [0.25, 0.3) is 0 Å². The van der Waals surface area contributed by atoms with Crippen LogP contribution in [0.4, 0.5) is 4.79 Å². The molecule has 19 heavy (non-hydrogen) atoms. The minimum atomic E-state index is -0.129. The van der Waals surface area contributed by atoms with E-state index in [1.807, 2.05) is 6.92 Å². The second-order valence-electron chi connectivity index (χ2n) is 6.36. The second-order valence-corrected chi connectivity index (χ2v) is 6.36. The average Bonchev–Trinajstić information content (AvgIpc) is 2.81. The standard InChI is InChI=1S/C15H30N2O2/c1-11(2)8-9-13-6-5-7-14(13)16-15(19)17(4)12(3)10-18/h11-14,18H,5-10H2,1-4H3,(H,16,19). The van der Waals surface area contributed by atoms with Crippen molar-refractivity contribution in [2.24, 2.45) is 11.8 Å². The van der Waals surface area contributed by atoms with Gasteiger partial charge in [-0.2, -0.15) is 0 Å². The van der Waals surface area contributed by atoms with Crippen molar-refractivity contribution < 1.29 is 9.90 Å². The molecular weight excluding hydrogens is 240 g/mol. The number of hydrogen-bond donors (Lipinski definition) is 2. The Bertz CT molecular complexity index is 281. The van der Waals surface area contributed by atoms with Gasteiger partial charge in [0.15, 0.2) is 0 Å². The van der Waals surface area contributed by atoms with Crippen LogP contribution in [-0.4, -0.2) is 41.8 Å². The molecule has 1 fully saturated rings. The molecule has 0 bridgehead atoms.